The van der Waals surface area contributed by atoms with Gasteiger partial charge in [-0.15, -0.1) is 0 Å². The molecule has 1 saturated heterocycles. The Hall–Kier alpha value is -2.46. The second kappa shape index (κ2) is 7.83. The van der Waals surface area contributed by atoms with E-state index in [2.05, 4.69) is 17.6 Å². The van der Waals surface area contributed by atoms with Gasteiger partial charge in [0.15, 0.2) is 5.78 Å². The molecule has 4 nitrogen and oxygen atoms in total. The standard InChI is InChI=1S/C22H26N2O2/c1-14-8-9-17(12-15(14)2)21(25)19-6-4-5-7-20(19)22(26)24-18-10-11-23-16(3)13-18/h4-9,12,16,18,23H,10-11,13H2,1-3H3,(H,24,26). The molecule has 1 aliphatic rings. The Labute approximate surface area is 155 Å². The van der Waals surface area contributed by atoms with Crippen LogP contribution in [0.4, 0.5) is 0 Å². The fourth-order valence-electron chi connectivity index (χ4n) is 3.44. The molecule has 1 amide bonds. The molecule has 1 heterocycles. The van der Waals surface area contributed by atoms with Gasteiger partial charge < -0.3 is 10.6 Å². The normalized spacial score (nSPS) is 19.8. The maximum Gasteiger partial charge on any atom is 0.252 e. The molecule has 0 bridgehead atoms. The lowest BCUT2D eigenvalue weighted by Crippen LogP contribution is -2.46. The third-order valence-electron chi connectivity index (χ3n) is 5.14. The Morgan fingerprint density at radius 2 is 1.77 bits per heavy atom. The first kappa shape index (κ1) is 18.3. The predicted molar refractivity (Wildman–Crippen MR) is 104 cm³/mol. The number of carbonyl (C=O) groups is 2. The number of piperidine rings is 1. The van der Waals surface area contributed by atoms with E-state index in [1.165, 1.54) is 0 Å². The SMILES string of the molecule is Cc1ccc(C(=O)c2ccccc2C(=O)NC2CCNC(C)C2)cc1C. The maximum absolute atomic E-state index is 13.0. The van der Waals surface area contributed by atoms with E-state index >= 15 is 0 Å². The molecular formula is C22H26N2O2. The lowest BCUT2D eigenvalue weighted by atomic mass is 9.95. The summed E-state index contributed by atoms with van der Waals surface area (Å²) in [6.07, 6.45) is 1.81. The molecule has 0 aliphatic carbocycles. The van der Waals surface area contributed by atoms with Crippen LogP contribution >= 0.6 is 0 Å². The zero-order chi connectivity index (χ0) is 18.7. The third-order valence-corrected chi connectivity index (χ3v) is 5.14. The number of amides is 1. The molecule has 0 aromatic heterocycles. The van der Waals surface area contributed by atoms with Crippen molar-refractivity contribution in [1.82, 2.24) is 10.6 Å². The van der Waals surface area contributed by atoms with Crippen LogP contribution in [0.2, 0.25) is 0 Å². The lowest BCUT2D eigenvalue weighted by Gasteiger charge is -2.28. The van der Waals surface area contributed by atoms with Gasteiger partial charge in [0.25, 0.3) is 5.91 Å². The lowest BCUT2D eigenvalue weighted by molar-refractivity contribution is 0.0916. The molecule has 4 heteroatoms. The van der Waals surface area contributed by atoms with Crippen LogP contribution in [0.1, 0.15) is 57.2 Å². The molecule has 3 rings (SSSR count). The Morgan fingerprint density at radius 1 is 1.04 bits per heavy atom. The number of hydrogen-bond acceptors (Lipinski definition) is 3. The number of hydrogen-bond donors (Lipinski definition) is 2. The smallest absolute Gasteiger partial charge is 0.252 e. The molecule has 2 atom stereocenters. The molecule has 26 heavy (non-hydrogen) atoms. The molecule has 2 unspecified atom stereocenters. The van der Waals surface area contributed by atoms with Gasteiger partial charge in [-0.05, 0) is 63.4 Å². The number of ketones is 1. The Kier molecular flexibility index (Phi) is 5.52. The van der Waals surface area contributed by atoms with Crippen molar-refractivity contribution in [2.45, 2.75) is 45.7 Å². The monoisotopic (exact) mass is 350 g/mol. The minimum atomic E-state index is -0.170. The summed E-state index contributed by atoms with van der Waals surface area (Å²) >= 11 is 0. The summed E-state index contributed by atoms with van der Waals surface area (Å²) in [6, 6.07) is 13.3. The van der Waals surface area contributed by atoms with E-state index in [0.29, 0.717) is 22.7 Å². The number of nitrogens with one attached hydrogen (secondary N) is 2. The van der Waals surface area contributed by atoms with E-state index in [4.69, 9.17) is 0 Å². The highest BCUT2D eigenvalue weighted by atomic mass is 16.2. The van der Waals surface area contributed by atoms with Crippen LogP contribution in [-0.4, -0.2) is 30.3 Å². The van der Waals surface area contributed by atoms with Gasteiger partial charge in [0.2, 0.25) is 0 Å². The summed E-state index contributed by atoms with van der Waals surface area (Å²) in [4.78, 5) is 25.8. The number of carbonyl (C=O) groups excluding carboxylic acids is 2. The van der Waals surface area contributed by atoms with Gasteiger partial charge in [-0.3, -0.25) is 9.59 Å². The molecule has 1 fully saturated rings. The third kappa shape index (κ3) is 4.02. The Morgan fingerprint density at radius 3 is 2.46 bits per heavy atom. The average molecular weight is 350 g/mol. The Balaban J connectivity index is 1.84. The van der Waals surface area contributed by atoms with Crippen molar-refractivity contribution in [3.63, 3.8) is 0 Å². The highest BCUT2D eigenvalue weighted by molar-refractivity contribution is 6.15. The molecule has 2 aromatic rings. The van der Waals surface area contributed by atoms with Crippen molar-refractivity contribution < 1.29 is 9.59 Å². The molecule has 2 aromatic carbocycles. The molecule has 2 N–H and O–H groups in total. The van der Waals surface area contributed by atoms with E-state index in [1.807, 2.05) is 32.0 Å². The van der Waals surface area contributed by atoms with Crippen LogP contribution in [-0.2, 0) is 0 Å². The summed E-state index contributed by atoms with van der Waals surface area (Å²) < 4.78 is 0. The second-order valence-electron chi connectivity index (χ2n) is 7.22. The number of rotatable bonds is 4. The van der Waals surface area contributed by atoms with Gasteiger partial charge >= 0.3 is 0 Å². The van der Waals surface area contributed by atoms with Crippen molar-refractivity contribution in [1.29, 1.82) is 0 Å². The topological polar surface area (TPSA) is 58.2 Å². The van der Waals surface area contributed by atoms with E-state index in [1.54, 1.807) is 24.3 Å². The van der Waals surface area contributed by atoms with Crippen LogP contribution < -0.4 is 10.6 Å². The van der Waals surface area contributed by atoms with Gasteiger partial charge in [0.1, 0.15) is 0 Å². The van der Waals surface area contributed by atoms with E-state index < -0.39 is 0 Å². The molecule has 136 valence electrons. The quantitative estimate of drug-likeness (QED) is 0.831. The van der Waals surface area contributed by atoms with E-state index in [0.717, 1.165) is 30.5 Å². The first-order valence-corrected chi connectivity index (χ1v) is 9.21. The second-order valence-corrected chi connectivity index (χ2v) is 7.22. The molecule has 1 aliphatic heterocycles. The minimum Gasteiger partial charge on any atom is -0.349 e. The Bertz CT molecular complexity index is 829. The van der Waals surface area contributed by atoms with Crippen LogP contribution in [0, 0.1) is 13.8 Å². The zero-order valence-corrected chi connectivity index (χ0v) is 15.6. The van der Waals surface area contributed by atoms with Crippen LogP contribution in [0.15, 0.2) is 42.5 Å². The molecule has 0 saturated carbocycles. The number of benzene rings is 2. The van der Waals surface area contributed by atoms with E-state index in [9.17, 15) is 9.59 Å². The molecule has 0 spiro atoms. The van der Waals surface area contributed by atoms with Crippen molar-refractivity contribution in [3.8, 4) is 0 Å². The van der Waals surface area contributed by atoms with Gasteiger partial charge in [-0.1, -0.05) is 30.3 Å². The minimum absolute atomic E-state index is 0.113. The summed E-state index contributed by atoms with van der Waals surface area (Å²) in [5.74, 6) is -0.283. The van der Waals surface area contributed by atoms with Gasteiger partial charge in [0.05, 0.1) is 5.56 Å². The molecule has 0 radical (unpaired) electrons. The predicted octanol–water partition coefficient (Wildman–Crippen LogP) is 3.40. The fourth-order valence-corrected chi connectivity index (χ4v) is 3.44. The van der Waals surface area contributed by atoms with Crippen LogP contribution in [0.5, 0.6) is 0 Å². The highest BCUT2D eigenvalue weighted by Crippen LogP contribution is 2.18. The summed E-state index contributed by atoms with van der Waals surface area (Å²) in [7, 11) is 0. The van der Waals surface area contributed by atoms with Crippen molar-refractivity contribution in [2.24, 2.45) is 0 Å². The summed E-state index contributed by atoms with van der Waals surface area (Å²) in [6.45, 7) is 7.03. The average Bonchev–Trinajstić information content (AvgIpc) is 2.63. The summed E-state index contributed by atoms with van der Waals surface area (Å²) in [5, 5.41) is 6.48. The summed E-state index contributed by atoms with van der Waals surface area (Å²) in [5.41, 5.74) is 3.73. The van der Waals surface area contributed by atoms with Crippen molar-refractivity contribution in [3.05, 3.63) is 70.3 Å². The molecular weight excluding hydrogens is 324 g/mol. The zero-order valence-electron chi connectivity index (χ0n) is 15.6. The number of aryl methyl sites for hydroxylation is 2. The van der Waals surface area contributed by atoms with E-state index in [-0.39, 0.29) is 17.7 Å². The van der Waals surface area contributed by atoms with Gasteiger partial charge in [0, 0.05) is 23.2 Å². The fraction of sp³-hybridized carbons (Fsp3) is 0.364. The first-order valence-electron chi connectivity index (χ1n) is 9.21. The first-order chi connectivity index (χ1) is 12.5. The maximum atomic E-state index is 13.0. The van der Waals surface area contributed by atoms with Crippen LogP contribution in [0.25, 0.3) is 0 Å². The van der Waals surface area contributed by atoms with Crippen LogP contribution in [0.3, 0.4) is 0 Å². The largest absolute Gasteiger partial charge is 0.349 e. The highest BCUT2D eigenvalue weighted by Gasteiger charge is 2.23. The van der Waals surface area contributed by atoms with Crippen molar-refractivity contribution in [2.75, 3.05) is 6.54 Å². The van der Waals surface area contributed by atoms with Gasteiger partial charge in [-0.2, -0.15) is 0 Å². The van der Waals surface area contributed by atoms with Crippen molar-refractivity contribution >= 4 is 11.7 Å². The van der Waals surface area contributed by atoms with Gasteiger partial charge in [-0.25, -0.2) is 0 Å².